The van der Waals surface area contributed by atoms with Gasteiger partial charge in [-0.05, 0) is 78.4 Å². The van der Waals surface area contributed by atoms with Crippen LogP contribution in [-0.2, 0) is 0 Å². The minimum absolute atomic E-state index is 0.489. The maximum atomic E-state index is 10.9. The summed E-state index contributed by atoms with van der Waals surface area (Å²) in [6.45, 7) is 0. The first-order valence-electron chi connectivity index (χ1n) is 18.7. The summed E-state index contributed by atoms with van der Waals surface area (Å²) in [6, 6.07) is 64.7. The molecule has 6 heteroatoms. The number of benzene rings is 8. The Morgan fingerprint density at radius 3 is 1.56 bits per heavy atom. The average Bonchev–Trinajstić information content (AvgIpc) is 3.91. The van der Waals surface area contributed by atoms with E-state index in [-0.39, 0.29) is 0 Å². The van der Waals surface area contributed by atoms with Crippen molar-refractivity contribution in [2.45, 2.75) is 0 Å². The van der Waals surface area contributed by atoms with Gasteiger partial charge in [-0.2, -0.15) is 15.8 Å². The Bertz CT molecular complexity index is 3580. The molecule has 0 saturated heterocycles. The van der Waals surface area contributed by atoms with Gasteiger partial charge < -0.3 is 13.7 Å². The van der Waals surface area contributed by atoms with Crippen LogP contribution in [0.25, 0.3) is 93.6 Å². The summed E-state index contributed by atoms with van der Waals surface area (Å²) in [5.41, 5.74) is 11.8. The summed E-state index contributed by atoms with van der Waals surface area (Å²) in [4.78, 5) is 0. The van der Waals surface area contributed by atoms with Crippen molar-refractivity contribution in [3.05, 3.63) is 187 Å². The molecule has 0 unspecified atom stereocenters. The van der Waals surface area contributed by atoms with E-state index in [0.717, 1.165) is 82.8 Å². The number of nitriles is 3. The van der Waals surface area contributed by atoms with Gasteiger partial charge in [-0.1, -0.05) is 97.1 Å². The van der Waals surface area contributed by atoms with Crippen LogP contribution in [0.2, 0.25) is 0 Å². The lowest BCUT2D eigenvalue weighted by molar-refractivity contribution is 1.12. The number of fused-ring (bicyclic) bond motifs is 9. The van der Waals surface area contributed by atoms with Crippen LogP contribution in [0, 0.1) is 34.0 Å². The summed E-state index contributed by atoms with van der Waals surface area (Å²) < 4.78 is 6.75. The average molecular weight is 725 g/mol. The highest BCUT2D eigenvalue weighted by molar-refractivity contribution is 6.16. The lowest BCUT2D eigenvalue weighted by Crippen LogP contribution is -2.04. The van der Waals surface area contributed by atoms with Crippen LogP contribution in [0.1, 0.15) is 16.7 Å². The molecular formula is C51H28N6. The van der Waals surface area contributed by atoms with Crippen LogP contribution in [0.5, 0.6) is 0 Å². The van der Waals surface area contributed by atoms with Crippen molar-refractivity contribution in [2.24, 2.45) is 0 Å². The molecule has 3 aromatic heterocycles. The van der Waals surface area contributed by atoms with Gasteiger partial charge in [0.15, 0.2) is 0 Å². The molecule has 0 atom stereocenters. The topological polar surface area (TPSA) is 86.2 Å². The van der Waals surface area contributed by atoms with Crippen LogP contribution >= 0.6 is 0 Å². The number of aromatic nitrogens is 3. The molecule has 57 heavy (non-hydrogen) atoms. The summed E-state index contributed by atoms with van der Waals surface area (Å²) in [5, 5.41) is 37.6. The Labute approximate surface area is 326 Å². The Morgan fingerprint density at radius 1 is 0.368 bits per heavy atom. The Hall–Kier alpha value is -8.37. The zero-order valence-corrected chi connectivity index (χ0v) is 30.3. The highest BCUT2D eigenvalue weighted by Crippen LogP contribution is 2.43. The molecule has 0 spiro atoms. The van der Waals surface area contributed by atoms with Crippen LogP contribution in [-0.4, -0.2) is 13.7 Å². The number of hydrogen-bond donors (Lipinski definition) is 0. The zero-order chi connectivity index (χ0) is 38.2. The number of hydrogen-bond acceptors (Lipinski definition) is 3. The third-order valence-electron chi connectivity index (χ3n) is 11.3. The summed E-state index contributed by atoms with van der Waals surface area (Å²) in [7, 11) is 0. The second-order valence-corrected chi connectivity index (χ2v) is 14.3. The molecule has 0 bridgehead atoms. The van der Waals surface area contributed by atoms with Gasteiger partial charge in [-0.3, -0.25) is 0 Å². The molecule has 0 saturated carbocycles. The van der Waals surface area contributed by atoms with Crippen molar-refractivity contribution in [3.63, 3.8) is 0 Å². The second-order valence-electron chi connectivity index (χ2n) is 14.3. The fourth-order valence-electron chi connectivity index (χ4n) is 8.98. The SMILES string of the molecule is N#Cc1cc(-c2cccc(C#N)c2-n2c3ccccc3c3cccc(-n4c5ccccc5c5ccccc54)c32)cc(-n2c3ccccc3c3cc(C#N)ccc32)c1. The van der Waals surface area contributed by atoms with E-state index in [2.05, 4.69) is 135 Å². The molecule has 0 amide bonds. The van der Waals surface area contributed by atoms with E-state index < -0.39 is 0 Å². The third-order valence-corrected chi connectivity index (χ3v) is 11.3. The predicted molar refractivity (Wildman–Crippen MR) is 229 cm³/mol. The molecule has 0 N–H and O–H groups in total. The summed E-state index contributed by atoms with van der Waals surface area (Å²) in [5.74, 6) is 0. The first kappa shape index (κ1) is 32.1. The fourth-order valence-corrected chi connectivity index (χ4v) is 8.98. The summed E-state index contributed by atoms with van der Waals surface area (Å²) in [6.07, 6.45) is 0. The first-order valence-corrected chi connectivity index (χ1v) is 18.7. The van der Waals surface area contributed by atoms with Gasteiger partial charge in [0.2, 0.25) is 0 Å². The van der Waals surface area contributed by atoms with Crippen LogP contribution in [0.4, 0.5) is 0 Å². The lowest BCUT2D eigenvalue weighted by atomic mass is 9.97. The highest BCUT2D eigenvalue weighted by Gasteiger charge is 2.24. The Kier molecular flexibility index (Phi) is 6.95. The van der Waals surface area contributed by atoms with Gasteiger partial charge in [0.05, 0.1) is 73.3 Å². The first-order chi connectivity index (χ1) is 28.2. The van der Waals surface area contributed by atoms with E-state index in [1.807, 2.05) is 66.7 Å². The molecule has 262 valence electrons. The maximum Gasteiger partial charge on any atom is 0.101 e. The molecular weight excluding hydrogens is 697 g/mol. The minimum atomic E-state index is 0.489. The zero-order valence-electron chi connectivity index (χ0n) is 30.3. The standard InChI is InChI=1S/C51H28N6/c52-29-32-23-24-48-43(27-32)41-15-4-5-18-44(41)55(48)36-26-33(30-53)25-35(28-36)37-16-9-11-34(31-54)50(37)57-47-21-8-3-14-40(47)42-17-10-22-49(51(42)57)56-45-19-6-1-12-38(45)39-13-2-7-20-46(39)56/h1-28H. The normalized spacial score (nSPS) is 11.5. The largest absolute Gasteiger partial charge is 0.309 e. The third kappa shape index (κ3) is 4.61. The second kappa shape index (κ2) is 12.3. The van der Waals surface area contributed by atoms with Crippen molar-refractivity contribution in [3.8, 4) is 46.4 Å². The van der Waals surface area contributed by atoms with Crippen molar-refractivity contribution in [1.82, 2.24) is 13.7 Å². The number of nitrogens with zero attached hydrogens (tertiary/aromatic N) is 6. The maximum absolute atomic E-state index is 10.9. The molecule has 3 heterocycles. The van der Waals surface area contributed by atoms with Crippen molar-refractivity contribution >= 4 is 65.4 Å². The van der Waals surface area contributed by atoms with E-state index in [0.29, 0.717) is 16.7 Å². The highest BCUT2D eigenvalue weighted by atomic mass is 15.1. The fraction of sp³-hybridized carbons (Fsp3) is 0. The van der Waals surface area contributed by atoms with Crippen molar-refractivity contribution < 1.29 is 0 Å². The van der Waals surface area contributed by atoms with Crippen molar-refractivity contribution in [1.29, 1.82) is 15.8 Å². The quantitative estimate of drug-likeness (QED) is 0.181. The predicted octanol–water partition coefficient (Wildman–Crippen LogP) is 12.3. The van der Waals surface area contributed by atoms with E-state index >= 15 is 0 Å². The van der Waals surface area contributed by atoms with Gasteiger partial charge in [-0.25, -0.2) is 0 Å². The van der Waals surface area contributed by atoms with Gasteiger partial charge in [0.25, 0.3) is 0 Å². The van der Waals surface area contributed by atoms with E-state index in [9.17, 15) is 15.8 Å². The number of para-hydroxylation sites is 6. The summed E-state index contributed by atoms with van der Waals surface area (Å²) >= 11 is 0. The van der Waals surface area contributed by atoms with Crippen LogP contribution in [0.3, 0.4) is 0 Å². The van der Waals surface area contributed by atoms with Gasteiger partial charge in [0, 0.05) is 43.6 Å². The molecule has 0 radical (unpaired) electrons. The molecule has 0 aliphatic rings. The minimum Gasteiger partial charge on any atom is -0.309 e. The molecule has 0 aliphatic carbocycles. The monoisotopic (exact) mass is 724 g/mol. The van der Waals surface area contributed by atoms with Gasteiger partial charge >= 0.3 is 0 Å². The molecule has 11 rings (SSSR count). The molecule has 11 aromatic rings. The van der Waals surface area contributed by atoms with Gasteiger partial charge in [-0.15, -0.1) is 0 Å². The number of rotatable bonds is 4. The lowest BCUT2D eigenvalue weighted by Gasteiger charge is -2.19. The van der Waals surface area contributed by atoms with E-state index in [4.69, 9.17) is 0 Å². The van der Waals surface area contributed by atoms with Crippen molar-refractivity contribution in [2.75, 3.05) is 0 Å². The van der Waals surface area contributed by atoms with Crippen LogP contribution < -0.4 is 0 Å². The Balaban J connectivity index is 1.25. The molecule has 6 nitrogen and oxygen atoms in total. The van der Waals surface area contributed by atoms with Crippen LogP contribution in [0.15, 0.2) is 170 Å². The molecule has 0 aliphatic heterocycles. The van der Waals surface area contributed by atoms with E-state index in [1.54, 1.807) is 0 Å². The van der Waals surface area contributed by atoms with E-state index in [1.165, 1.54) is 10.8 Å². The smallest absolute Gasteiger partial charge is 0.101 e. The van der Waals surface area contributed by atoms with Gasteiger partial charge in [0.1, 0.15) is 6.07 Å². The Morgan fingerprint density at radius 2 is 0.912 bits per heavy atom. The molecule has 0 fully saturated rings. The molecule has 8 aromatic carbocycles.